The van der Waals surface area contributed by atoms with Crippen molar-refractivity contribution >= 4 is 34.6 Å². The minimum atomic E-state index is -0.900. The van der Waals surface area contributed by atoms with E-state index in [1.54, 1.807) is 18.1 Å². The third kappa shape index (κ3) is 5.79. The van der Waals surface area contributed by atoms with Crippen LogP contribution in [0.3, 0.4) is 0 Å². The monoisotopic (exact) mass is 517 g/mol. The second-order valence-electron chi connectivity index (χ2n) is 9.15. The number of ether oxygens (including phenoxy) is 1. The highest BCUT2D eigenvalue weighted by molar-refractivity contribution is 8.93. The molecule has 1 aliphatic rings. The van der Waals surface area contributed by atoms with Gasteiger partial charge in [0.2, 0.25) is 0 Å². The number of fused-ring (bicyclic) bond motifs is 1. The fourth-order valence-electron chi connectivity index (χ4n) is 3.97. The molecule has 0 radical (unpaired) electrons. The number of pyridine rings is 1. The van der Waals surface area contributed by atoms with Crippen LogP contribution < -0.4 is 4.74 Å². The number of carbonyl (C=O) groups excluding carboxylic acids is 1. The summed E-state index contributed by atoms with van der Waals surface area (Å²) in [5, 5.41) is 17.6. The lowest BCUT2D eigenvalue weighted by molar-refractivity contribution is -0.136. The number of Topliss-reactive ketones (excluding diaryl/α,β-unsaturated/α-hetero) is 1. The molecule has 0 saturated heterocycles. The number of aryl methyl sites for hydroxylation is 2. The average molecular weight is 518 g/mol. The van der Waals surface area contributed by atoms with Crippen LogP contribution >= 0.6 is 17.0 Å². The Kier molecular flexibility index (Phi) is 8.41. The van der Waals surface area contributed by atoms with Gasteiger partial charge < -0.3 is 14.7 Å². The van der Waals surface area contributed by atoms with Crippen molar-refractivity contribution in [1.82, 2.24) is 9.88 Å². The first-order valence-corrected chi connectivity index (χ1v) is 10.8. The van der Waals surface area contributed by atoms with Crippen molar-refractivity contribution in [3.8, 4) is 5.75 Å². The molecule has 0 saturated carbocycles. The molecule has 1 aromatic heterocycles. The number of carboxylic acids is 1. The van der Waals surface area contributed by atoms with Gasteiger partial charge in [-0.05, 0) is 42.0 Å². The number of nitrogens with zero attached hydrogens (tertiary/aromatic N) is 2. The summed E-state index contributed by atoms with van der Waals surface area (Å²) in [7, 11) is 1.57. The zero-order valence-electron chi connectivity index (χ0n) is 19.8. The van der Waals surface area contributed by atoms with Crippen LogP contribution in [0.2, 0.25) is 0 Å². The maximum absolute atomic E-state index is 13.3. The fourth-order valence-corrected chi connectivity index (χ4v) is 3.97. The number of hydrogen-bond donors (Lipinski definition) is 2. The van der Waals surface area contributed by atoms with Crippen LogP contribution in [-0.4, -0.2) is 46.2 Å². The van der Waals surface area contributed by atoms with Crippen molar-refractivity contribution in [2.75, 3.05) is 13.7 Å². The second kappa shape index (κ2) is 10.5. The van der Waals surface area contributed by atoms with Gasteiger partial charge in [0, 0.05) is 35.3 Å². The van der Waals surface area contributed by atoms with Crippen LogP contribution in [0.15, 0.2) is 24.3 Å². The normalized spacial score (nSPS) is 12.9. The van der Waals surface area contributed by atoms with Gasteiger partial charge in [0.05, 0.1) is 13.7 Å². The maximum atomic E-state index is 13.3. The number of halogens is 1. The number of methoxy groups -OCH3 is 1. The summed E-state index contributed by atoms with van der Waals surface area (Å²) in [4.78, 5) is 30.7. The van der Waals surface area contributed by atoms with Gasteiger partial charge in [-0.25, -0.2) is 4.98 Å². The van der Waals surface area contributed by atoms with Gasteiger partial charge >= 0.3 is 5.97 Å². The van der Waals surface area contributed by atoms with E-state index in [9.17, 15) is 9.59 Å². The van der Waals surface area contributed by atoms with Crippen LogP contribution in [0, 0.1) is 5.41 Å². The van der Waals surface area contributed by atoms with Gasteiger partial charge in [-0.2, -0.15) is 0 Å². The molecular weight excluding hydrogens is 486 g/mol. The van der Waals surface area contributed by atoms with E-state index in [-0.39, 0.29) is 53.4 Å². The van der Waals surface area contributed by atoms with E-state index in [1.807, 2.05) is 45.9 Å². The van der Waals surface area contributed by atoms with Crippen molar-refractivity contribution in [1.29, 1.82) is 5.41 Å². The van der Waals surface area contributed by atoms with Crippen molar-refractivity contribution in [2.24, 2.45) is 0 Å². The van der Waals surface area contributed by atoms with E-state index >= 15 is 0 Å². The van der Waals surface area contributed by atoms with Crippen LogP contribution in [0.1, 0.15) is 72.6 Å². The van der Waals surface area contributed by atoms with Crippen LogP contribution in [0.25, 0.3) is 0 Å². The number of benzene rings is 1. The Balaban J connectivity index is 0.00000385. The molecule has 8 heteroatoms. The molecule has 0 spiro atoms. The SMILES string of the molecule is Br.CCc1ccc2c(n1)C(=N)N(CC(=O)c1cc(CCC(=O)O)c(OC)c(C(C)(C)C)c1)C2. The summed E-state index contributed by atoms with van der Waals surface area (Å²) < 4.78 is 5.63. The van der Waals surface area contributed by atoms with E-state index in [1.165, 1.54) is 0 Å². The standard InChI is InChI=1S/C25H31N3O4.BrH/c1-6-18-9-7-16-13-28(24(26)22(16)27-18)14-20(29)17-11-15(8-10-21(30)31)23(32-5)19(12-17)25(2,3)4;/h7,9,11-12,26H,6,8,10,13-14H2,1-5H3,(H,30,31);1H. The van der Waals surface area contributed by atoms with Gasteiger partial charge in [0.1, 0.15) is 17.3 Å². The molecule has 33 heavy (non-hydrogen) atoms. The Hall–Kier alpha value is -2.74. The van der Waals surface area contributed by atoms with Gasteiger partial charge in [-0.3, -0.25) is 15.0 Å². The third-order valence-corrected chi connectivity index (χ3v) is 5.74. The number of ketones is 1. The topological polar surface area (TPSA) is 104 Å². The molecule has 0 aliphatic carbocycles. The zero-order chi connectivity index (χ0) is 23.6. The summed E-state index contributed by atoms with van der Waals surface area (Å²) in [6.45, 7) is 8.65. The molecular formula is C25H32BrN3O4. The first-order chi connectivity index (χ1) is 15.0. The van der Waals surface area contributed by atoms with Gasteiger partial charge in [0.15, 0.2) is 5.78 Å². The summed E-state index contributed by atoms with van der Waals surface area (Å²) in [5.74, 6) is -0.126. The van der Waals surface area contributed by atoms with Gasteiger partial charge in [0.25, 0.3) is 0 Å². The molecule has 0 fully saturated rings. The van der Waals surface area contributed by atoms with E-state index in [2.05, 4.69) is 4.98 Å². The lowest BCUT2D eigenvalue weighted by atomic mass is 9.83. The Morgan fingerprint density at radius 3 is 2.52 bits per heavy atom. The molecule has 2 aromatic rings. The minimum absolute atomic E-state index is 0. The molecule has 0 unspecified atom stereocenters. The highest BCUT2D eigenvalue weighted by atomic mass is 79.9. The van der Waals surface area contributed by atoms with Gasteiger partial charge in [-0.15, -0.1) is 17.0 Å². The van der Waals surface area contributed by atoms with Crippen molar-refractivity contribution in [3.05, 3.63) is 57.9 Å². The third-order valence-electron chi connectivity index (χ3n) is 5.74. The van der Waals surface area contributed by atoms with Crippen molar-refractivity contribution in [2.45, 2.75) is 58.9 Å². The molecule has 7 nitrogen and oxygen atoms in total. The predicted molar refractivity (Wildman–Crippen MR) is 133 cm³/mol. The number of hydrogen-bond acceptors (Lipinski definition) is 5. The molecule has 3 rings (SSSR count). The molecule has 0 atom stereocenters. The number of rotatable bonds is 8. The van der Waals surface area contributed by atoms with Crippen LogP contribution in [0.4, 0.5) is 0 Å². The molecule has 0 amide bonds. The summed E-state index contributed by atoms with van der Waals surface area (Å²) in [6.07, 6.45) is 1.02. The average Bonchev–Trinajstić information content (AvgIpc) is 3.05. The molecule has 0 bridgehead atoms. The predicted octanol–water partition coefficient (Wildman–Crippen LogP) is 4.57. The Labute approximate surface area is 205 Å². The number of aliphatic carboxylic acids is 1. The van der Waals surface area contributed by atoms with E-state index < -0.39 is 5.97 Å². The number of amidine groups is 1. The maximum Gasteiger partial charge on any atom is 0.303 e. The first-order valence-electron chi connectivity index (χ1n) is 10.8. The highest BCUT2D eigenvalue weighted by Gasteiger charge is 2.29. The Bertz CT molecular complexity index is 1080. The lowest BCUT2D eigenvalue weighted by Crippen LogP contribution is -2.31. The number of carboxylic acid groups (broad SMARTS) is 1. The quantitative estimate of drug-likeness (QED) is 0.497. The summed E-state index contributed by atoms with van der Waals surface area (Å²) in [5.41, 5.74) is 4.30. The van der Waals surface area contributed by atoms with Crippen LogP contribution in [-0.2, 0) is 29.6 Å². The lowest BCUT2D eigenvalue weighted by Gasteiger charge is -2.25. The largest absolute Gasteiger partial charge is 0.496 e. The molecule has 2 N–H and O–H groups in total. The highest BCUT2D eigenvalue weighted by Crippen LogP contribution is 2.36. The van der Waals surface area contributed by atoms with E-state index in [4.69, 9.17) is 15.3 Å². The molecule has 1 aliphatic heterocycles. The molecule has 2 heterocycles. The number of carbonyl (C=O) groups is 2. The second-order valence-corrected chi connectivity index (χ2v) is 9.15. The number of nitrogens with one attached hydrogen (secondary N) is 1. The fraction of sp³-hybridized carbons (Fsp3) is 0.440. The zero-order valence-corrected chi connectivity index (χ0v) is 21.5. The summed E-state index contributed by atoms with van der Waals surface area (Å²) >= 11 is 0. The van der Waals surface area contributed by atoms with Crippen LogP contribution in [0.5, 0.6) is 5.75 Å². The van der Waals surface area contributed by atoms with E-state index in [0.717, 1.165) is 23.2 Å². The van der Waals surface area contributed by atoms with Crippen molar-refractivity contribution < 1.29 is 19.4 Å². The smallest absolute Gasteiger partial charge is 0.303 e. The molecule has 178 valence electrons. The number of aromatic nitrogens is 1. The Morgan fingerprint density at radius 2 is 1.94 bits per heavy atom. The molecule has 1 aromatic carbocycles. The minimum Gasteiger partial charge on any atom is -0.496 e. The van der Waals surface area contributed by atoms with Crippen molar-refractivity contribution in [3.63, 3.8) is 0 Å². The Morgan fingerprint density at radius 1 is 1.24 bits per heavy atom. The van der Waals surface area contributed by atoms with Gasteiger partial charge in [-0.1, -0.05) is 33.8 Å². The first kappa shape index (κ1) is 26.5. The van der Waals surface area contributed by atoms with E-state index in [0.29, 0.717) is 29.1 Å². The summed E-state index contributed by atoms with van der Waals surface area (Å²) in [6, 6.07) is 7.52.